The predicted octanol–water partition coefficient (Wildman–Crippen LogP) is 6.43. The molecule has 4 aromatic carbocycles. The second-order valence-electron chi connectivity index (χ2n) is 11.8. The molecule has 0 radical (unpaired) electrons. The number of nitrogens with zero attached hydrogens (tertiary/aromatic N) is 2. The molecule has 0 fully saturated rings. The van der Waals surface area contributed by atoms with E-state index in [1.807, 2.05) is 13.8 Å². The van der Waals surface area contributed by atoms with Gasteiger partial charge in [0.15, 0.2) is 5.78 Å². The molecule has 2 aliphatic heterocycles. The zero-order valence-electron chi connectivity index (χ0n) is 27.4. The van der Waals surface area contributed by atoms with Gasteiger partial charge < -0.3 is 9.47 Å². The number of para-hydroxylation sites is 2. The van der Waals surface area contributed by atoms with Gasteiger partial charge in [0.2, 0.25) is 0 Å². The molecule has 0 aromatic heterocycles. The normalized spacial score (nSPS) is 13.4. The van der Waals surface area contributed by atoms with Gasteiger partial charge in [0, 0.05) is 11.1 Å². The Hall–Kier alpha value is -6.23. The Kier molecular flexibility index (Phi) is 9.49. The van der Waals surface area contributed by atoms with Crippen LogP contribution in [0.4, 0.5) is 11.4 Å². The van der Waals surface area contributed by atoms with Gasteiger partial charge >= 0.3 is 11.9 Å². The van der Waals surface area contributed by atoms with E-state index < -0.39 is 41.4 Å². The molecule has 0 aliphatic carbocycles. The second-order valence-corrected chi connectivity index (χ2v) is 11.8. The Morgan fingerprint density at radius 1 is 0.520 bits per heavy atom. The zero-order valence-corrected chi connectivity index (χ0v) is 27.4. The summed E-state index contributed by atoms with van der Waals surface area (Å²) in [6, 6.07) is 20.4. The highest BCUT2D eigenvalue weighted by Gasteiger charge is 2.41. The van der Waals surface area contributed by atoms with Crippen LogP contribution in [-0.2, 0) is 9.47 Å². The van der Waals surface area contributed by atoms with E-state index in [0.717, 1.165) is 22.6 Å². The van der Waals surface area contributed by atoms with Crippen molar-refractivity contribution in [2.24, 2.45) is 0 Å². The molecule has 2 heterocycles. The number of benzene rings is 4. The maximum atomic E-state index is 13.7. The number of ether oxygens (including phenoxy) is 2. The third-order valence-electron chi connectivity index (χ3n) is 8.49. The minimum atomic E-state index is -0.717. The van der Waals surface area contributed by atoms with Crippen LogP contribution < -0.4 is 9.80 Å². The van der Waals surface area contributed by atoms with Gasteiger partial charge in [-0.3, -0.25) is 24.0 Å². The monoisotopic (exact) mass is 672 g/mol. The van der Waals surface area contributed by atoms with Gasteiger partial charge in [-0.1, -0.05) is 63.1 Å². The maximum Gasteiger partial charge on any atom is 0.340 e. The first-order chi connectivity index (χ1) is 24.2. The Bertz CT molecular complexity index is 1950. The van der Waals surface area contributed by atoms with Crippen molar-refractivity contribution in [1.29, 1.82) is 0 Å². The quantitative estimate of drug-likeness (QED) is 0.0719. The fraction of sp³-hybridized carbons (Fsp3) is 0.205. The van der Waals surface area contributed by atoms with Gasteiger partial charge in [-0.15, -0.1) is 0 Å². The third kappa shape index (κ3) is 5.98. The van der Waals surface area contributed by atoms with Crippen LogP contribution in [0.1, 0.15) is 118 Å². The smallest absolute Gasteiger partial charge is 0.340 e. The molecule has 0 N–H and O–H groups in total. The number of rotatable bonds is 12. The number of hydrogen-bond acceptors (Lipinski definition) is 9. The van der Waals surface area contributed by atoms with Crippen LogP contribution in [0, 0.1) is 0 Å². The highest BCUT2D eigenvalue weighted by Crippen LogP contribution is 2.34. The van der Waals surface area contributed by atoms with E-state index in [-0.39, 0.29) is 69.1 Å². The molecular formula is C39H32N2O9. The lowest BCUT2D eigenvalue weighted by molar-refractivity contribution is 0.0491. The van der Waals surface area contributed by atoms with Crippen molar-refractivity contribution in [2.75, 3.05) is 23.0 Å². The molecule has 50 heavy (non-hydrogen) atoms. The van der Waals surface area contributed by atoms with Crippen LogP contribution >= 0.6 is 0 Å². The summed E-state index contributed by atoms with van der Waals surface area (Å²) in [5.74, 6) is -4.65. The van der Waals surface area contributed by atoms with Crippen molar-refractivity contribution in [3.8, 4) is 0 Å². The first kappa shape index (κ1) is 33.7. The summed E-state index contributed by atoms with van der Waals surface area (Å²) in [7, 11) is 0. The molecule has 0 unspecified atom stereocenters. The van der Waals surface area contributed by atoms with E-state index in [9.17, 15) is 33.6 Å². The fourth-order valence-electron chi connectivity index (χ4n) is 5.82. The van der Waals surface area contributed by atoms with Crippen molar-refractivity contribution in [3.05, 3.63) is 129 Å². The van der Waals surface area contributed by atoms with Crippen LogP contribution in [0.15, 0.2) is 84.9 Å². The average molecular weight is 673 g/mol. The van der Waals surface area contributed by atoms with Crippen molar-refractivity contribution < 1.29 is 43.0 Å². The summed E-state index contributed by atoms with van der Waals surface area (Å²) < 4.78 is 10.7. The molecule has 2 aliphatic rings. The highest BCUT2D eigenvalue weighted by molar-refractivity contribution is 6.37. The van der Waals surface area contributed by atoms with E-state index in [1.165, 1.54) is 60.7 Å². The van der Waals surface area contributed by atoms with Crippen molar-refractivity contribution in [3.63, 3.8) is 0 Å². The maximum absolute atomic E-state index is 13.7. The molecule has 6 rings (SSSR count). The first-order valence-corrected chi connectivity index (χ1v) is 16.3. The lowest BCUT2D eigenvalue weighted by Gasteiger charge is -2.17. The van der Waals surface area contributed by atoms with E-state index in [4.69, 9.17) is 9.47 Å². The summed E-state index contributed by atoms with van der Waals surface area (Å²) in [6.45, 7) is 4.29. The van der Waals surface area contributed by atoms with Crippen molar-refractivity contribution in [2.45, 2.75) is 39.5 Å². The largest absolute Gasteiger partial charge is 0.462 e. The zero-order chi connectivity index (χ0) is 35.5. The highest BCUT2D eigenvalue weighted by atomic mass is 16.5. The van der Waals surface area contributed by atoms with Crippen molar-refractivity contribution in [1.82, 2.24) is 0 Å². The average Bonchev–Trinajstić information content (AvgIpc) is 3.54. The van der Waals surface area contributed by atoms with Crippen LogP contribution in [0.5, 0.6) is 0 Å². The van der Waals surface area contributed by atoms with Crippen LogP contribution in [0.3, 0.4) is 0 Å². The molecule has 252 valence electrons. The van der Waals surface area contributed by atoms with E-state index in [0.29, 0.717) is 12.8 Å². The van der Waals surface area contributed by atoms with Crippen molar-refractivity contribution >= 4 is 52.7 Å². The van der Waals surface area contributed by atoms with Crippen LogP contribution in [-0.4, -0.2) is 54.6 Å². The number of hydrogen-bond donors (Lipinski definition) is 0. The van der Waals surface area contributed by atoms with E-state index >= 15 is 0 Å². The number of fused-ring (bicyclic) bond motifs is 2. The Balaban J connectivity index is 1.26. The molecule has 0 saturated heterocycles. The SMILES string of the molecule is CCCCOC(=O)c1ccccc1N1C(=O)c2ccc(C(=O)c3ccc4c(c3)C(=O)N(c3ccccc3C(=O)OCCCC)C4=O)cc2C1=O. The molecule has 4 aromatic rings. The predicted molar refractivity (Wildman–Crippen MR) is 182 cm³/mol. The van der Waals surface area contributed by atoms with Crippen LogP contribution in [0.2, 0.25) is 0 Å². The standard InChI is InChI=1S/C39H32N2O9/c1-3-5-19-49-38(47)27-11-7-9-13-31(27)40-34(43)25-17-15-23(21-29(25)36(40)45)33(42)24-16-18-26-30(22-24)37(46)41(35(26)44)32-14-10-8-12-28(32)39(48)50-20-6-4-2/h7-18,21-22H,3-6,19-20H2,1-2H3. The third-order valence-corrected chi connectivity index (χ3v) is 8.49. The molecule has 11 heteroatoms. The Morgan fingerprint density at radius 2 is 0.900 bits per heavy atom. The minimum absolute atomic E-state index is 0.0315. The van der Waals surface area contributed by atoms with Gasteiger partial charge in [-0.2, -0.15) is 0 Å². The first-order valence-electron chi connectivity index (χ1n) is 16.3. The lowest BCUT2D eigenvalue weighted by Crippen LogP contribution is -2.31. The van der Waals surface area contributed by atoms with Gasteiger partial charge in [0.05, 0.1) is 58.0 Å². The molecule has 11 nitrogen and oxygen atoms in total. The Labute approximate surface area is 287 Å². The van der Waals surface area contributed by atoms with E-state index in [1.54, 1.807) is 24.3 Å². The number of unbranched alkanes of at least 4 members (excludes halogenated alkanes) is 2. The molecular weight excluding hydrogens is 640 g/mol. The van der Waals surface area contributed by atoms with Gasteiger partial charge in [0.25, 0.3) is 23.6 Å². The van der Waals surface area contributed by atoms with Crippen LogP contribution in [0.25, 0.3) is 0 Å². The lowest BCUT2D eigenvalue weighted by atomic mass is 9.96. The summed E-state index contributed by atoms with van der Waals surface area (Å²) in [5, 5.41) is 0. The molecule has 0 bridgehead atoms. The topological polar surface area (TPSA) is 144 Å². The number of esters is 2. The van der Waals surface area contributed by atoms with Gasteiger partial charge in [-0.25, -0.2) is 19.4 Å². The number of carbonyl (C=O) groups is 7. The molecule has 0 saturated carbocycles. The summed E-state index contributed by atoms with van der Waals surface area (Å²) in [4.78, 5) is 95.3. The minimum Gasteiger partial charge on any atom is -0.462 e. The Morgan fingerprint density at radius 3 is 1.30 bits per heavy atom. The summed E-state index contributed by atoms with van der Waals surface area (Å²) in [5.41, 5.74) is 0.405. The number of carbonyl (C=O) groups excluding carboxylic acids is 7. The fourth-order valence-corrected chi connectivity index (χ4v) is 5.82. The number of anilines is 2. The van der Waals surface area contributed by atoms with Gasteiger partial charge in [-0.05, 0) is 61.4 Å². The van der Waals surface area contributed by atoms with Gasteiger partial charge in [0.1, 0.15) is 0 Å². The molecule has 4 amide bonds. The number of amides is 4. The second kappa shape index (κ2) is 14.1. The molecule has 0 spiro atoms. The van der Waals surface area contributed by atoms with E-state index in [2.05, 4.69) is 0 Å². The number of imide groups is 2. The summed E-state index contributed by atoms with van der Waals surface area (Å²) in [6.07, 6.45) is 2.96. The molecule has 0 atom stereocenters. The number of ketones is 1. The summed E-state index contributed by atoms with van der Waals surface area (Å²) >= 11 is 0.